The Kier molecular flexibility index (Phi) is 6.55. The van der Waals surface area contributed by atoms with E-state index in [1.807, 2.05) is 0 Å². The Morgan fingerprint density at radius 3 is 2.42 bits per heavy atom. The van der Waals surface area contributed by atoms with Crippen LogP contribution in [0.25, 0.3) is 0 Å². The van der Waals surface area contributed by atoms with E-state index < -0.39 is 10.0 Å². The highest BCUT2D eigenvalue weighted by atomic mass is 35.5. The number of hydrogen-bond acceptors (Lipinski definition) is 4. The van der Waals surface area contributed by atoms with Crippen molar-refractivity contribution in [2.24, 2.45) is 0 Å². The number of morpholine rings is 1. The van der Waals surface area contributed by atoms with Crippen LogP contribution in [0.5, 0.6) is 0 Å². The van der Waals surface area contributed by atoms with Crippen LogP contribution in [0, 0.1) is 0 Å². The van der Waals surface area contributed by atoms with E-state index >= 15 is 0 Å². The summed E-state index contributed by atoms with van der Waals surface area (Å²) in [4.78, 5) is 12.8. The number of sulfonamides is 1. The van der Waals surface area contributed by atoms with Crippen LogP contribution in [0.3, 0.4) is 0 Å². The first kappa shape index (κ1) is 19.6. The minimum Gasteiger partial charge on any atom is -0.379 e. The second-order valence-electron chi connectivity index (χ2n) is 6.82. The molecule has 1 aliphatic heterocycles. The molecule has 1 N–H and O–H groups in total. The lowest BCUT2D eigenvalue weighted by Gasteiger charge is -2.26. The smallest absolute Gasteiger partial charge is 0.253 e. The number of amides is 1. The molecule has 2 aliphatic rings. The highest BCUT2D eigenvalue weighted by Gasteiger charge is 2.28. The van der Waals surface area contributed by atoms with Gasteiger partial charge in [0.1, 0.15) is 0 Å². The van der Waals surface area contributed by atoms with Crippen molar-refractivity contribution < 1.29 is 17.9 Å². The fourth-order valence-electron chi connectivity index (χ4n) is 3.46. The van der Waals surface area contributed by atoms with Crippen molar-refractivity contribution in [2.45, 2.75) is 49.5 Å². The van der Waals surface area contributed by atoms with Crippen molar-refractivity contribution in [3.05, 3.63) is 28.8 Å². The molecule has 1 saturated heterocycles. The summed E-state index contributed by atoms with van der Waals surface area (Å²) in [5.74, 6) is -0.305. The number of benzene rings is 1. The van der Waals surface area contributed by atoms with Gasteiger partial charge in [0, 0.05) is 19.1 Å². The number of nitrogens with one attached hydrogen (secondary N) is 1. The van der Waals surface area contributed by atoms with Crippen molar-refractivity contribution in [3.63, 3.8) is 0 Å². The Morgan fingerprint density at radius 1 is 1.12 bits per heavy atom. The lowest BCUT2D eigenvalue weighted by molar-refractivity contribution is 0.0730. The van der Waals surface area contributed by atoms with Crippen molar-refractivity contribution >= 4 is 27.5 Å². The molecule has 6 nitrogen and oxygen atoms in total. The molecule has 1 aromatic rings. The maximum Gasteiger partial charge on any atom is 0.253 e. The number of halogens is 1. The molecule has 1 aliphatic carbocycles. The molecule has 0 radical (unpaired) electrons. The van der Waals surface area contributed by atoms with E-state index in [0.29, 0.717) is 26.3 Å². The zero-order valence-corrected chi connectivity index (χ0v) is 16.3. The summed E-state index contributed by atoms with van der Waals surface area (Å²) in [5, 5.41) is 3.28. The number of nitrogens with zero attached hydrogens (tertiary/aromatic N) is 1. The van der Waals surface area contributed by atoms with E-state index in [-0.39, 0.29) is 27.4 Å². The summed E-state index contributed by atoms with van der Waals surface area (Å²) < 4.78 is 32.2. The maximum absolute atomic E-state index is 12.8. The minimum absolute atomic E-state index is 0.0924. The Balaban J connectivity index is 1.79. The fourth-order valence-corrected chi connectivity index (χ4v) is 5.10. The predicted octanol–water partition coefficient (Wildman–Crippen LogP) is 2.81. The maximum atomic E-state index is 12.8. The first-order valence-corrected chi connectivity index (χ1v) is 11.0. The molecule has 1 aromatic carbocycles. The van der Waals surface area contributed by atoms with Crippen LogP contribution in [-0.4, -0.2) is 51.0 Å². The molecule has 0 bridgehead atoms. The van der Waals surface area contributed by atoms with Crippen LogP contribution in [-0.2, 0) is 14.8 Å². The lowest BCUT2D eigenvalue weighted by atomic mass is 10.1. The van der Waals surface area contributed by atoms with Crippen molar-refractivity contribution in [2.75, 3.05) is 26.3 Å². The molecule has 0 unspecified atom stereocenters. The van der Waals surface area contributed by atoms with Crippen LogP contribution in [0.4, 0.5) is 0 Å². The SMILES string of the molecule is O=C(NC1CCCCCC1)c1cc(S(=O)(=O)N2CCOCC2)ccc1Cl. The van der Waals surface area contributed by atoms with E-state index in [1.54, 1.807) is 0 Å². The Labute approximate surface area is 159 Å². The Bertz CT molecular complexity index is 740. The molecule has 0 aromatic heterocycles. The second kappa shape index (κ2) is 8.69. The molecule has 144 valence electrons. The highest BCUT2D eigenvalue weighted by molar-refractivity contribution is 7.89. The average Bonchev–Trinajstić information content (AvgIpc) is 2.91. The van der Waals surface area contributed by atoms with E-state index in [1.165, 1.54) is 35.3 Å². The summed E-state index contributed by atoms with van der Waals surface area (Å²) >= 11 is 6.19. The van der Waals surface area contributed by atoms with Crippen LogP contribution < -0.4 is 5.32 Å². The number of rotatable bonds is 4. The van der Waals surface area contributed by atoms with Crippen molar-refractivity contribution in [1.29, 1.82) is 0 Å². The van der Waals surface area contributed by atoms with Crippen LogP contribution >= 0.6 is 11.6 Å². The Hall–Kier alpha value is -1.15. The largest absolute Gasteiger partial charge is 0.379 e. The van der Waals surface area contributed by atoms with Gasteiger partial charge in [-0.1, -0.05) is 37.3 Å². The highest BCUT2D eigenvalue weighted by Crippen LogP contribution is 2.24. The zero-order valence-electron chi connectivity index (χ0n) is 14.7. The number of carbonyl (C=O) groups is 1. The summed E-state index contributed by atoms with van der Waals surface area (Å²) in [6, 6.07) is 4.45. The zero-order chi connectivity index (χ0) is 18.6. The predicted molar refractivity (Wildman–Crippen MR) is 100.0 cm³/mol. The molecular formula is C18H25ClN2O4S. The minimum atomic E-state index is -3.66. The van der Waals surface area contributed by atoms with Crippen LogP contribution in [0.2, 0.25) is 5.02 Å². The van der Waals surface area contributed by atoms with E-state index in [9.17, 15) is 13.2 Å². The Morgan fingerprint density at radius 2 is 1.77 bits per heavy atom. The molecule has 2 fully saturated rings. The van der Waals surface area contributed by atoms with Gasteiger partial charge in [-0.15, -0.1) is 0 Å². The lowest BCUT2D eigenvalue weighted by Crippen LogP contribution is -2.40. The van der Waals surface area contributed by atoms with Gasteiger partial charge in [-0.3, -0.25) is 4.79 Å². The number of ether oxygens (including phenoxy) is 1. The first-order chi connectivity index (χ1) is 12.5. The van der Waals surface area contributed by atoms with Gasteiger partial charge in [0.05, 0.1) is 28.7 Å². The molecule has 3 rings (SSSR count). The first-order valence-electron chi connectivity index (χ1n) is 9.17. The van der Waals surface area contributed by atoms with Crippen molar-refractivity contribution in [1.82, 2.24) is 9.62 Å². The second-order valence-corrected chi connectivity index (χ2v) is 9.17. The van der Waals surface area contributed by atoms with Crippen LogP contribution in [0.15, 0.2) is 23.1 Å². The third-order valence-electron chi connectivity index (χ3n) is 4.98. The molecule has 26 heavy (non-hydrogen) atoms. The van der Waals surface area contributed by atoms with Gasteiger partial charge < -0.3 is 10.1 Å². The van der Waals surface area contributed by atoms with Gasteiger partial charge in [-0.2, -0.15) is 4.31 Å². The van der Waals surface area contributed by atoms with Gasteiger partial charge in [0.15, 0.2) is 0 Å². The van der Waals surface area contributed by atoms with Gasteiger partial charge in [-0.05, 0) is 31.0 Å². The topological polar surface area (TPSA) is 75.7 Å². The normalized spacial score (nSPS) is 20.5. The van der Waals surface area contributed by atoms with E-state index in [4.69, 9.17) is 16.3 Å². The third-order valence-corrected chi connectivity index (χ3v) is 7.20. The third kappa shape index (κ3) is 4.57. The quantitative estimate of drug-likeness (QED) is 0.788. The van der Waals surface area contributed by atoms with Gasteiger partial charge in [0.25, 0.3) is 5.91 Å². The molecule has 1 saturated carbocycles. The molecule has 1 amide bonds. The van der Waals surface area contributed by atoms with E-state index in [0.717, 1.165) is 25.7 Å². The molecular weight excluding hydrogens is 376 g/mol. The number of carbonyl (C=O) groups excluding carboxylic acids is 1. The summed E-state index contributed by atoms with van der Waals surface area (Å²) in [6.07, 6.45) is 6.50. The van der Waals surface area contributed by atoms with Crippen molar-refractivity contribution in [3.8, 4) is 0 Å². The number of hydrogen-bond donors (Lipinski definition) is 1. The van der Waals surface area contributed by atoms with Crippen LogP contribution in [0.1, 0.15) is 48.9 Å². The summed E-state index contributed by atoms with van der Waals surface area (Å²) in [6.45, 7) is 1.38. The molecule has 0 atom stereocenters. The molecule has 1 heterocycles. The van der Waals surface area contributed by atoms with Gasteiger partial charge >= 0.3 is 0 Å². The fraction of sp³-hybridized carbons (Fsp3) is 0.611. The van der Waals surface area contributed by atoms with Gasteiger partial charge in [0.2, 0.25) is 10.0 Å². The summed E-state index contributed by atoms with van der Waals surface area (Å²) in [5.41, 5.74) is 0.213. The summed E-state index contributed by atoms with van der Waals surface area (Å²) in [7, 11) is -3.66. The standard InChI is InChI=1S/C18H25ClN2O4S/c19-17-8-7-15(26(23,24)21-9-11-25-12-10-21)13-16(17)18(22)20-14-5-3-1-2-4-6-14/h7-8,13-14H,1-6,9-12H2,(H,20,22). The average molecular weight is 401 g/mol. The van der Waals surface area contributed by atoms with E-state index in [2.05, 4.69) is 5.32 Å². The molecule has 0 spiro atoms. The molecule has 8 heteroatoms. The monoisotopic (exact) mass is 400 g/mol. The van der Waals surface area contributed by atoms with Gasteiger partial charge in [-0.25, -0.2) is 8.42 Å².